The molecule has 0 fully saturated rings. The number of aryl methyl sites for hydroxylation is 1. The minimum absolute atomic E-state index is 0.183. The highest BCUT2D eigenvalue weighted by Crippen LogP contribution is 2.25. The summed E-state index contributed by atoms with van der Waals surface area (Å²) in [4.78, 5) is 0. The van der Waals surface area contributed by atoms with Gasteiger partial charge in [0.1, 0.15) is 0 Å². The van der Waals surface area contributed by atoms with E-state index >= 15 is 0 Å². The highest BCUT2D eigenvalue weighted by Gasteiger charge is 2.08. The monoisotopic (exact) mass is 201 g/mol. The first-order valence-electron chi connectivity index (χ1n) is 3.65. The van der Waals surface area contributed by atoms with Crippen LogP contribution in [0.3, 0.4) is 0 Å². The number of nitrogen functional groups attached to an aromatic ring is 1. The number of hydrogen-bond acceptors (Lipinski definition) is 4. The van der Waals surface area contributed by atoms with Gasteiger partial charge < -0.3 is 9.92 Å². The van der Waals surface area contributed by atoms with Crippen molar-refractivity contribution >= 4 is 15.8 Å². The van der Waals surface area contributed by atoms with Gasteiger partial charge in [-0.1, -0.05) is 12.1 Å². The second kappa shape index (κ2) is 3.26. The van der Waals surface area contributed by atoms with Gasteiger partial charge in [0.15, 0.2) is 5.75 Å². The number of para-hydroxylation sites is 1. The Morgan fingerprint density at radius 1 is 1.38 bits per heavy atom. The molecule has 2 N–H and O–H groups in total. The van der Waals surface area contributed by atoms with Gasteiger partial charge in [0, 0.05) is 0 Å². The summed E-state index contributed by atoms with van der Waals surface area (Å²) in [5.41, 5.74) is 6.75. The van der Waals surface area contributed by atoms with Crippen molar-refractivity contribution in [3.8, 4) is 5.75 Å². The third-order valence-corrected chi connectivity index (χ3v) is 2.01. The second-order valence-electron chi connectivity index (χ2n) is 2.77. The summed E-state index contributed by atoms with van der Waals surface area (Å²) in [5.74, 6) is 0.183. The van der Waals surface area contributed by atoms with Crippen LogP contribution >= 0.6 is 0 Å². The maximum absolute atomic E-state index is 10.8. The minimum atomic E-state index is -3.50. The quantitative estimate of drug-likeness (QED) is 0.570. The summed E-state index contributed by atoms with van der Waals surface area (Å²) in [6, 6.07) is 4.99. The van der Waals surface area contributed by atoms with Gasteiger partial charge in [0.25, 0.3) is 0 Å². The summed E-state index contributed by atoms with van der Waals surface area (Å²) in [6.45, 7) is 1.78. The van der Waals surface area contributed by atoms with Crippen LogP contribution in [-0.4, -0.2) is 14.7 Å². The Kier molecular flexibility index (Phi) is 2.47. The molecule has 0 radical (unpaired) electrons. The lowest BCUT2D eigenvalue weighted by atomic mass is 10.2. The fraction of sp³-hybridized carbons (Fsp3) is 0.250. The maximum atomic E-state index is 10.8. The first-order chi connectivity index (χ1) is 5.90. The van der Waals surface area contributed by atoms with Crippen molar-refractivity contribution in [3.63, 3.8) is 0 Å². The van der Waals surface area contributed by atoms with Crippen LogP contribution in [0.5, 0.6) is 5.75 Å². The molecule has 0 bridgehead atoms. The molecule has 1 rings (SSSR count). The molecule has 0 saturated carbocycles. The third kappa shape index (κ3) is 2.62. The highest BCUT2D eigenvalue weighted by atomic mass is 32.2. The van der Waals surface area contributed by atoms with Gasteiger partial charge in [0.05, 0.1) is 11.9 Å². The SMILES string of the molecule is Cc1cccc(OS(C)(=O)=O)c1N. The molecular weight excluding hydrogens is 190 g/mol. The topological polar surface area (TPSA) is 69.4 Å². The Bertz CT molecular complexity index is 411. The Hall–Kier alpha value is -1.23. The molecule has 0 spiro atoms. The smallest absolute Gasteiger partial charge is 0.306 e. The van der Waals surface area contributed by atoms with E-state index in [9.17, 15) is 8.42 Å². The molecule has 13 heavy (non-hydrogen) atoms. The predicted molar refractivity (Wildman–Crippen MR) is 51.1 cm³/mol. The van der Waals surface area contributed by atoms with E-state index in [4.69, 9.17) is 5.73 Å². The van der Waals surface area contributed by atoms with E-state index in [1.165, 1.54) is 6.07 Å². The van der Waals surface area contributed by atoms with E-state index < -0.39 is 10.1 Å². The van der Waals surface area contributed by atoms with Crippen LogP contribution in [0.25, 0.3) is 0 Å². The van der Waals surface area contributed by atoms with E-state index in [1.807, 2.05) is 0 Å². The van der Waals surface area contributed by atoms with Gasteiger partial charge >= 0.3 is 10.1 Å². The zero-order chi connectivity index (χ0) is 10.1. The molecule has 0 amide bonds. The molecule has 0 saturated heterocycles. The predicted octanol–water partition coefficient (Wildman–Crippen LogP) is 0.916. The average molecular weight is 201 g/mol. The molecule has 0 aliphatic heterocycles. The number of nitrogens with two attached hydrogens (primary N) is 1. The molecule has 0 heterocycles. The Labute approximate surface area is 77.4 Å². The van der Waals surface area contributed by atoms with Crippen LogP contribution in [0.2, 0.25) is 0 Å². The van der Waals surface area contributed by atoms with Gasteiger partial charge in [-0.25, -0.2) is 0 Å². The maximum Gasteiger partial charge on any atom is 0.306 e. The molecule has 0 aromatic heterocycles. The van der Waals surface area contributed by atoms with Crippen molar-refractivity contribution in [1.29, 1.82) is 0 Å². The van der Waals surface area contributed by atoms with Gasteiger partial charge in [-0.2, -0.15) is 8.42 Å². The van der Waals surface area contributed by atoms with Crippen LogP contribution in [0.1, 0.15) is 5.56 Å². The normalized spacial score (nSPS) is 11.2. The number of hydrogen-bond donors (Lipinski definition) is 1. The standard InChI is InChI=1S/C8H11NO3S/c1-6-4-3-5-7(8(6)9)12-13(2,10)11/h3-5H,9H2,1-2H3. The van der Waals surface area contributed by atoms with Crippen molar-refractivity contribution in [2.75, 3.05) is 12.0 Å². The largest absolute Gasteiger partial charge is 0.395 e. The van der Waals surface area contributed by atoms with E-state index in [0.717, 1.165) is 11.8 Å². The molecule has 0 aliphatic rings. The second-order valence-corrected chi connectivity index (χ2v) is 4.35. The van der Waals surface area contributed by atoms with Gasteiger partial charge in [0.2, 0.25) is 0 Å². The summed E-state index contributed by atoms with van der Waals surface area (Å²) < 4.78 is 26.2. The molecule has 4 nitrogen and oxygen atoms in total. The van der Waals surface area contributed by atoms with Gasteiger partial charge in [-0.15, -0.1) is 0 Å². The number of anilines is 1. The molecule has 1 aromatic carbocycles. The summed E-state index contributed by atoms with van der Waals surface area (Å²) in [5, 5.41) is 0. The zero-order valence-electron chi connectivity index (χ0n) is 7.44. The van der Waals surface area contributed by atoms with Crippen LogP contribution in [0, 0.1) is 6.92 Å². The molecule has 72 valence electrons. The molecule has 0 atom stereocenters. The van der Waals surface area contributed by atoms with E-state index in [0.29, 0.717) is 5.69 Å². The van der Waals surface area contributed by atoms with Crippen molar-refractivity contribution in [2.24, 2.45) is 0 Å². The third-order valence-electron chi connectivity index (χ3n) is 1.53. The van der Waals surface area contributed by atoms with E-state index in [2.05, 4.69) is 4.18 Å². The first kappa shape index (κ1) is 9.85. The van der Waals surface area contributed by atoms with Gasteiger partial charge in [-0.05, 0) is 18.6 Å². The van der Waals surface area contributed by atoms with Crippen molar-refractivity contribution in [3.05, 3.63) is 23.8 Å². The molecule has 0 aliphatic carbocycles. The molecule has 1 aromatic rings. The average Bonchev–Trinajstić information content (AvgIpc) is 1.96. The van der Waals surface area contributed by atoms with Crippen LogP contribution in [0.15, 0.2) is 18.2 Å². The zero-order valence-corrected chi connectivity index (χ0v) is 8.26. The number of benzene rings is 1. The molecular formula is C8H11NO3S. The lowest BCUT2D eigenvalue weighted by Crippen LogP contribution is -2.07. The number of rotatable bonds is 2. The summed E-state index contributed by atoms with van der Waals surface area (Å²) in [6.07, 6.45) is 0.981. The van der Waals surface area contributed by atoms with Crippen molar-refractivity contribution in [1.82, 2.24) is 0 Å². The molecule has 0 unspecified atom stereocenters. The van der Waals surface area contributed by atoms with E-state index in [1.54, 1.807) is 19.1 Å². The Morgan fingerprint density at radius 2 is 2.00 bits per heavy atom. The van der Waals surface area contributed by atoms with Crippen molar-refractivity contribution in [2.45, 2.75) is 6.92 Å². The lowest BCUT2D eigenvalue weighted by Gasteiger charge is -2.07. The fourth-order valence-corrected chi connectivity index (χ4v) is 1.36. The van der Waals surface area contributed by atoms with Crippen LogP contribution in [-0.2, 0) is 10.1 Å². The van der Waals surface area contributed by atoms with Crippen molar-refractivity contribution < 1.29 is 12.6 Å². The highest BCUT2D eigenvalue weighted by molar-refractivity contribution is 7.86. The Morgan fingerprint density at radius 3 is 2.54 bits per heavy atom. The lowest BCUT2D eigenvalue weighted by molar-refractivity contribution is 0.494. The fourth-order valence-electron chi connectivity index (χ4n) is 0.889. The minimum Gasteiger partial charge on any atom is -0.395 e. The van der Waals surface area contributed by atoms with E-state index in [-0.39, 0.29) is 5.75 Å². The van der Waals surface area contributed by atoms with Crippen LogP contribution < -0.4 is 9.92 Å². The van der Waals surface area contributed by atoms with Gasteiger partial charge in [-0.3, -0.25) is 0 Å². The van der Waals surface area contributed by atoms with Crippen LogP contribution in [0.4, 0.5) is 5.69 Å². The Balaban J connectivity index is 3.10. The molecule has 5 heteroatoms. The first-order valence-corrected chi connectivity index (χ1v) is 5.46. The summed E-state index contributed by atoms with van der Waals surface area (Å²) in [7, 11) is -3.50. The summed E-state index contributed by atoms with van der Waals surface area (Å²) >= 11 is 0.